The quantitative estimate of drug-likeness (QED) is 0.412. The van der Waals surface area contributed by atoms with Crippen LogP contribution in [0.15, 0.2) is 67.3 Å². The van der Waals surface area contributed by atoms with Gasteiger partial charge >= 0.3 is 10.7 Å². The normalized spacial score (nSPS) is 11.8. The molecule has 3 rings (SSSR count). The number of nitrogens with one attached hydrogen (secondary N) is 2. The summed E-state index contributed by atoms with van der Waals surface area (Å²) in [7, 11) is 1.58. The lowest BCUT2D eigenvalue weighted by Gasteiger charge is -2.12. The summed E-state index contributed by atoms with van der Waals surface area (Å²) in [5.74, 6) is 0.515. The standard InChI is InChI=1S/C19H18BrN3O4S/c1-3-16(17(24)21-13-6-4-12(20)5-7-13)28-18-19(25)27-22-23(18)14-8-10-15(26-2)11-9-14/h4-11,16H,3H2,1-2H3,(H-,21,22,24,25)/p+1. The summed E-state index contributed by atoms with van der Waals surface area (Å²) in [5.41, 5.74) is 0.851. The first kappa shape index (κ1) is 20.2. The number of ether oxygens (including phenoxy) is 1. The molecule has 7 nitrogen and oxygen atoms in total. The van der Waals surface area contributed by atoms with E-state index in [9.17, 15) is 9.59 Å². The number of hydrogen-bond acceptors (Lipinski definition) is 5. The molecule has 1 unspecified atom stereocenters. The lowest BCUT2D eigenvalue weighted by atomic mass is 10.3. The summed E-state index contributed by atoms with van der Waals surface area (Å²) < 4.78 is 12.6. The van der Waals surface area contributed by atoms with Crippen LogP contribution >= 0.6 is 27.7 Å². The average molecular weight is 465 g/mol. The van der Waals surface area contributed by atoms with E-state index in [4.69, 9.17) is 9.26 Å². The minimum absolute atomic E-state index is 0.184. The second-order valence-corrected chi connectivity index (χ2v) is 7.94. The smallest absolute Gasteiger partial charge is 0.442 e. The molecule has 2 aromatic carbocycles. The van der Waals surface area contributed by atoms with Crippen molar-refractivity contribution < 1.29 is 18.7 Å². The maximum Gasteiger partial charge on any atom is 0.442 e. The monoisotopic (exact) mass is 464 g/mol. The largest absolute Gasteiger partial charge is 0.497 e. The van der Waals surface area contributed by atoms with Crippen LogP contribution < -0.4 is 20.4 Å². The van der Waals surface area contributed by atoms with E-state index in [1.165, 1.54) is 4.68 Å². The molecule has 0 saturated heterocycles. The van der Waals surface area contributed by atoms with Gasteiger partial charge in [-0.05, 0) is 64.5 Å². The molecule has 1 atom stereocenters. The molecule has 0 bridgehead atoms. The molecule has 1 aromatic heterocycles. The van der Waals surface area contributed by atoms with Crippen LogP contribution in [-0.2, 0) is 4.79 Å². The zero-order valence-electron chi connectivity index (χ0n) is 15.3. The fourth-order valence-corrected chi connectivity index (χ4v) is 3.73. The Morgan fingerprint density at radius 2 is 1.93 bits per heavy atom. The first-order valence-corrected chi connectivity index (χ1v) is 10.2. The van der Waals surface area contributed by atoms with Gasteiger partial charge in [0.05, 0.1) is 12.4 Å². The average Bonchev–Trinajstić information content (AvgIpc) is 3.08. The van der Waals surface area contributed by atoms with Crippen molar-refractivity contribution in [3.63, 3.8) is 0 Å². The van der Waals surface area contributed by atoms with Gasteiger partial charge in [0, 0.05) is 22.3 Å². The van der Waals surface area contributed by atoms with Gasteiger partial charge in [-0.1, -0.05) is 22.9 Å². The van der Waals surface area contributed by atoms with Crippen LogP contribution in [0.1, 0.15) is 13.3 Å². The number of rotatable bonds is 7. The highest BCUT2D eigenvalue weighted by atomic mass is 79.9. The molecule has 0 aliphatic carbocycles. The van der Waals surface area contributed by atoms with Crippen LogP contribution in [0.4, 0.5) is 5.69 Å². The van der Waals surface area contributed by atoms with Crippen molar-refractivity contribution in [3.05, 3.63) is 63.4 Å². The van der Waals surface area contributed by atoms with Gasteiger partial charge in [0.1, 0.15) is 5.75 Å². The molecule has 146 valence electrons. The van der Waals surface area contributed by atoms with Crippen molar-refractivity contribution in [2.24, 2.45) is 0 Å². The number of benzene rings is 2. The Balaban J connectivity index is 1.80. The Morgan fingerprint density at radius 3 is 2.54 bits per heavy atom. The number of hydrogen-bond donors (Lipinski definition) is 2. The van der Waals surface area contributed by atoms with E-state index in [-0.39, 0.29) is 5.91 Å². The Morgan fingerprint density at radius 1 is 1.25 bits per heavy atom. The van der Waals surface area contributed by atoms with Crippen molar-refractivity contribution in [3.8, 4) is 11.4 Å². The molecule has 1 heterocycles. The molecule has 28 heavy (non-hydrogen) atoms. The Labute approximate surface area is 174 Å². The van der Waals surface area contributed by atoms with Crippen LogP contribution in [0.2, 0.25) is 0 Å². The summed E-state index contributed by atoms with van der Waals surface area (Å²) >= 11 is 4.52. The Bertz CT molecular complexity index is 999. The lowest BCUT2D eigenvalue weighted by Crippen LogP contribution is -2.37. The molecule has 0 spiro atoms. The molecule has 0 radical (unpaired) electrons. The van der Waals surface area contributed by atoms with Gasteiger partial charge in [0.25, 0.3) is 0 Å². The Kier molecular flexibility index (Phi) is 6.58. The summed E-state index contributed by atoms with van der Waals surface area (Å²) in [5, 5.41) is 5.29. The molecular weight excluding hydrogens is 446 g/mol. The highest BCUT2D eigenvalue weighted by Crippen LogP contribution is 2.23. The van der Waals surface area contributed by atoms with Crippen LogP contribution in [0, 0.1) is 0 Å². The van der Waals surface area contributed by atoms with Gasteiger partial charge in [-0.2, -0.15) is 0 Å². The molecule has 1 amide bonds. The summed E-state index contributed by atoms with van der Waals surface area (Å²) in [4.78, 5) is 24.9. The van der Waals surface area contributed by atoms with Crippen LogP contribution in [0.25, 0.3) is 5.69 Å². The fraction of sp³-hybridized carbons (Fsp3) is 0.211. The number of methoxy groups -OCH3 is 1. The molecule has 0 aliphatic rings. The van der Waals surface area contributed by atoms with Gasteiger partial charge in [-0.25, -0.2) is 4.79 Å². The molecule has 3 aromatic rings. The fourth-order valence-electron chi connectivity index (χ4n) is 2.48. The molecule has 0 saturated carbocycles. The number of thioether (sulfide) groups is 1. The Hall–Kier alpha value is -2.52. The number of halogens is 1. The van der Waals surface area contributed by atoms with E-state index in [1.807, 2.05) is 31.2 Å². The number of aromatic nitrogens is 2. The number of nitrogens with zero attached hydrogens (tertiary/aromatic N) is 1. The van der Waals surface area contributed by atoms with E-state index in [0.29, 0.717) is 28.6 Å². The predicted octanol–water partition coefficient (Wildman–Crippen LogP) is 3.53. The number of amides is 1. The van der Waals surface area contributed by atoms with Gasteiger partial charge in [0.2, 0.25) is 11.6 Å². The minimum atomic E-state index is -0.532. The van der Waals surface area contributed by atoms with Gasteiger partial charge < -0.3 is 10.1 Å². The van der Waals surface area contributed by atoms with Gasteiger partial charge in [0.15, 0.2) is 0 Å². The number of carbonyl (C=O) groups excluding carboxylic acids is 1. The van der Waals surface area contributed by atoms with E-state index in [1.54, 1.807) is 31.4 Å². The zero-order chi connectivity index (χ0) is 20.1. The van der Waals surface area contributed by atoms with Gasteiger partial charge in [-0.3, -0.25) is 9.32 Å². The van der Waals surface area contributed by atoms with E-state index in [2.05, 4.69) is 26.5 Å². The van der Waals surface area contributed by atoms with Crippen LogP contribution in [0.5, 0.6) is 5.75 Å². The van der Waals surface area contributed by atoms with E-state index < -0.39 is 10.9 Å². The van der Waals surface area contributed by atoms with Crippen molar-refractivity contribution in [1.29, 1.82) is 0 Å². The molecule has 9 heteroatoms. The maximum atomic E-state index is 12.7. The maximum absolute atomic E-state index is 12.7. The zero-order valence-corrected chi connectivity index (χ0v) is 17.7. The minimum Gasteiger partial charge on any atom is -0.497 e. The molecule has 0 aliphatic heterocycles. The topological polar surface area (TPSA) is 88.2 Å². The first-order chi connectivity index (χ1) is 13.5. The summed E-state index contributed by atoms with van der Waals surface area (Å²) in [6.45, 7) is 1.89. The summed E-state index contributed by atoms with van der Waals surface area (Å²) in [6, 6.07) is 14.4. The van der Waals surface area contributed by atoms with Gasteiger partial charge in [-0.15, -0.1) is 0 Å². The van der Waals surface area contributed by atoms with Crippen molar-refractivity contribution in [2.75, 3.05) is 12.4 Å². The predicted molar refractivity (Wildman–Crippen MR) is 110 cm³/mol. The van der Waals surface area contributed by atoms with Crippen LogP contribution in [0.3, 0.4) is 0 Å². The second-order valence-electron chi connectivity index (χ2n) is 5.83. The summed E-state index contributed by atoms with van der Waals surface area (Å²) in [6.07, 6.45) is 0.542. The van der Waals surface area contributed by atoms with E-state index >= 15 is 0 Å². The molecule has 2 N–H and O–H groups in total. The third-order valence-corrected chi connectivity index (χ3v) is 5.90. The number of aromatic amines is 1. The van der Waals surface area contributed by atoms with Crippen molar-refractivity contribution in [2.45, 2.75) is 23.6 Å². The van der Waals surface area contributed by atoms with Crippen LogP contribution in [-0.4, -0.2) is 23.5 Å². The highest BCUT2D eigenvalue weighted by molar-refractivity contribution is 9.10. The third kappa shape index (κ3) is 4.66. The molecular formula is C19H19BrN3O4S+. The highest BCUT2D eigenvalue weighted by Gasteiger charge is 2.30. The number of anilines is 1. The SMILES string of the molecule is CCC(Sc1c(=O)o[nH][n+]1-c1ccc(OC)cc1)C(=O)Nc1ccc(Br)cc1. The number of H-pyrrole nitrogens is 1. The van der Waals surface area contributed by atoms with Crippen molar-refractivity contribution >= 4 is 39.3 Å². The van der Waals surface area contributed by atoms with Crippen molar-refractivity contribution in [1.82, 2.24) is 5.27 Å². The number of carbonyl (C=O) groups is 1. The third-order valence-electron chi connectivity index (χ3n) is 3.97. The van der Waals surface area contributed by atoms with E-state index in [0.717, 1.165) is 16.2 Å². The molecule has 0 fully saturated rings. The lowest BCUT2D eigenvalue weighted by molar-refractivity contribution is -0.704. The first-order valence-electron chi connectivity index (χ1n) is 8.53. The second kappa shape index (κ2) is 9.11.